The Hall–Kier alpha value is -2.02. The maximum atomic E-state index is 11.7. The molecular weight excluding hydrogens is 352 g/mol. The Balaban J connectivity index is 1.56. The number of rotatable bonds is 7. The van der Waals surface area contributed by atoms with Crippen LogP contribution in [0.4, 0.5) is 4.79 Å². The van der Waals surface area contributed by atoms with Gasteiger partial charge in [-0.3, -0.25) is 14.9 Å². The molecule has 0 atom stereocenters. The highest BCUT2D eigenvalue weighted by Gasteiger charge is 2.17. The first kappa shape index (κ1) is 20.3. The van der Waals surface area contributed by atoms with Gasteiger partial charge in [0, 0.05) is 16.7 Å². The lowest BCUT2D eigenvalue weighted by Gasteiger charge is -2.22. The summed E-state index contributed by atoms with van der Waals surface area (Å²) in [6, 6.07) is 7.64. The number of hydrogen-bond acceptors (Lipinski definition) is 5. The van der Waals surface area contributed by atoms with E-state index in [2.05, 4.69) is 10.6 Å². The number of esters is 1. The van der Waals surface area contributed by atoms with E-state index in [-0.39, 0.29) is 12.5 Å². The minimum atomic E-state index is -0.613. The zero-order chi connectivity index (χ0) is 18.8. The number of hydrogen-bond donors (Lipinski definition) is 2. The van der Waals surface area contributed by atoms with Gasteiger partial charge in [-0.05, 0) is 31.9 Å². The van der Waals surface area contributed by atoms with Gasteiger partial charge < -0.3 is 10.1 Å². The first-order valence-electron chi connectivity index (χ1n) is 8.98. The smallest absolute Gasteiger partial charge is 0.321 e. The van der Waals surface area contributed by atoms with Crippen molar-refractivity contribution >= 4 is 29.7 Å². The lowest BCUT2D eigenvalue weighted by Crippen LogP contribution is -2.46. The van der Waals surface area contributed by atoms with E-state index in [1.807, 2.05) is 31.2 Å². The van der Waals surface area contributed by atoms with Crippen molar-refractivity contribution in [3.8, 4) is 0 Å². The molecule has 1 aliphatic carbocycles. The Kier molecular flexibility index (Phi) is 8.47. The molecule has 1 aromatic carbocycles. The van der Waals surface area contributed by atoms with Crippen LogP contribution in [0, 0.1) is 6.92 Å². The highest BCUT2D eigenvalue weighted by molar-refractivity contribution is 7.99. The molecule has 2 N–H and O–H groups in total. The second kappa shape index (κ2) is 10.9. The fraction of sp³-hybridized carbons (Fsp3) is 0.526. The van der Waals surface area contributed by atoms with Crippen LogP contribution < -0.4 is 10.6 Å². The van der Waals surface area contributed by atoms with Crippen molar-refractivity contribution in [2.75, 3.05) is 12.4 Å². The molecule has 0 bridgehead atoms. The van der Waals surface area contributed by atoms with E-state index < -0.39 is 24.5 Å². The molecule has 142 valence electrons. The molecule has 0 aliphatic heterocycles. The third-order valence-corrected chi connectivity index (χ3v) is 5.17. The number of carbonyl (C=O) groups is 3. The van der Waals surface area contributed by atoms with Gasteiger partial charge >= 0.3 is 12.0 Å². The monoisotopic (exact) mass is 378 g/mol. The summed E-state index contributed by atoms with van der Waals surface area (Å²) < 4.78 is 4.91. The summed E-state index contributed by atoms with van der Waals surface area (Å²) in [6.07, 6.45) is 5.47. The van der Waals surface area contributed by atoms with Crippen LogP contribution in [0.5, 0.6) is 0 Å². The fourth-order valence-corrected chi connectivity index (χ4v) is 3.57. The van der Waals surface area contributed by atoms with Crippen molar-refractivity contribution in [3.05, 3.63) is 29.8 Å². The van der Waals surface area contributed by atoms with Crippen LogP contribution in [0.1, 0.15) is 44.1 Å². The molecule has 2 rings (SSSR count). The summed E-state index contributed by atoms with van der Waals surface area (Å²) in [6.45, 7) is 1.58. The third-order valence-electron chi connectivity index (χ3n) is 4.15. The fourth-order valence-electron chi connectivity index (χ4n) is 2.74. The Morgan fingerprint density at radius 3 is 2.50 bits per heavy atom. The average Bonchev–Trinajstić information content (AvgIpc) is 2.62. The normalized spacial score (nSPS) is 14.5. The summed E-state index contributed by atoms with van der Waals surface area (Å²) in [4.78, 5) is 36.2. The molecule has 0 spiro atoms. The Bertz CT molecular complexity index is 612. The number of thioether (sulfide) groups is 1. The van der Waals surface area contributed by atoms with Crippen molar-refractivity contribution in [2.24, 2.45) is 0 Å². The molecular formula is C19H26N2O4S. The molecule has 0 radical (unpaired) electrons. The predicted molar refractivity (Wildman–Crippen MR) is 101 cm³/mol. The SMILES string of the molecule is Cc1ccc(SCCC(=O)OCC(=O)NC(=O)NC2CCCCC2)cc1. The van der Waals surface area contributed by atoms with Crippen LogP contribution in [-0.4, -0.2) is 36.3 Å². The topological polar surface area (TPSA) is 84.5 Å². The minimum Gasteiger partial charge on any atom is -0.456 e. The summed E-state index contributed by atoms with van der Waals surface area (Å²) in [5.74, 6) is -0.489. The second-order valence-corrected chi connectivity index (χ2v) is 7.60. The molecule has 0 saturated heterocycles. The summed E-state index contributed by atoms with van der Waals surface area (Å²) in [7, 11) is 0. The van der Waals surface area contributed by atoms with E-state index in [9.17, 15) is 14.4 Å². The maximum Gasteiger partial charge on any atom is 0.321 e. The van der Waals surface area contributed by atoms with Crippen molar-refractivity contribution in [2.45, 2.75) is 56.4 Å². The Morgan fingerprint density at radius 2 is 1.81 bits per heavy atom. The number of benzene rings is 1. The van der Waals surface area contributed by atoms with Gasteiger partial charge in [-0.15, -0.1) is 11.8 Å². The molecule has 0 heterocycles. The minimum absolute atomic E-state index is 0.123. The van der Waals surface area contributed by atoms with Gasteiger partial charge in [-0.25, -0.2) is 4.79 Å². The van der Waals surface area contributed by atoms with E-state index in [0.717, 1.165) is 30.6 Å². The van der Waals surface area contributed by atoms with Crippen LogP contribution in [-0.2, 0) is 14.3 Å². The Morgan fingerprint density at radius 1 is 1.12 bits per heavy atom. The van der Waals surface area contributed by atoms with Gasteiger partial charge in [0.1, 0.15) is 0 Å². The number of aryl methyl sites for hydroxylation is 1. The molecule has 3 amide bonds. The van der Waals surface area contributed by atoms with Gasteiger partial charge in [0.15, 0.2) is 6.61 Å². The van der Waals surface area contributed by atoms with E-state index in [1.165, 1.54) is 12.0 Å². The first-order valence-corrected chi connectivity index (χ1v) is 9.97. The van der Waals surface area contributed by atoms with Crippen LogP contribution >= 0.6 is 11.8 Å². The van der Waals surface area contributed by atoms with Gasteiger partial charge in [0.25, 0.3) is 5.91 Å². The highest BCUT2D eigenvalue weighted by atomic mass is 32.2. The molecule has 1 aliphatic rings. The second-order valence-electron chi connectivity index (χ2n) is 6.43. The van der Waals surface area contributed by atoms with E-state index in [0.29, 0.717) is 5.75 Å². The highest BCUT2D eigenvalue weighted by Crippen LogP contribution is 2.19. The van der Waals surface area contributed by atoms with Crippen LogP contribution in [0.15, 0.2) is 29.2 Å². The third kappa shape index (κ3) is 7.91. The molecule has 1 saturated carbocycles. The largest absolute Gasteiger partial charge is 0.456 e. The van der Waals surface area contributed by atoms with Gasteiger partial charge in [-0.2, -0.15) is 0 Å². The first-order chi connectivity index (χ1) is 12.5. The molecule has 6 nitrogen and oxygen atoms in total. The summed E-state index contributed by atoms with van der Waals surface area (Å²) in [5, 5.41) is 4.98. The van der Waals surface area contributed by atoms with Crippen molar-refractivity contribution in [1.29, 1.82) is 0 Å². The number of carbonyl (C=O) groups excluding carboxylic acids is 3. The molecule has 0 unspecified atom stereocenters. The molecule has 1 aromatic rings. The van der Waals surface area contributed by atoms with Crippen LogP contribution in [0.3, 0.4) is 0 Å². The van der Waals surface area contributed by atoms with Crippen molar-refractivity contribution in [1.82, 2.24) is 10.6 Å². The maximum absolute atomic E-state index is 11.7. The summed E-state index contributed by atoms with van der Waals surface area (Å²) >= 11 is 1.56. The van der Waals surface area contributed by atoms with E-state index >= 15 is 0 Å². The van der Waals surface area contributed by atoms with Crippen molar-refractivity contribution < 1.29 is 19.1 Å². The standard InChI is InChI=1S/C19H26N2O4S/c1-14-7-9-16(10-8-14)26-12-11-18(23)25-13-17(22)21-19(24)20-15-5-3-2-4-6-15/h7-10,15H,2-6,11-13H2,1H3,(H2,20,21,22,24). The van der Waals surface area contributed by atoms with Gasteiger partial charge in [-0.1, -0.05) is 37.0 Å². The zero-order valence-electron chi connectivity index (χ0n) is 15.1. The van der Waals surface area contributed by atoms with Gasteiger partial charge in [0.05, 0.1) is 6.42 Å². The molecule has 0 aromatic heterocycles. The van der Waals surface area contributed by atoms with Crippen molar-refractivity contribution in [3.63, 3.8) is 0 Å². The number of amides is 3. The molecule has 7 heteroatoms. The lowest BCUT2D eigenvalue weighted by atomic mass is 9.96. The number of nitrogens with one attached hydrogen (secondary N) is 2. The lowest BCUT2D eigenvalue weighted by molar-refractivity contribution is -0.147. The molecule has 1 fully saturated rings. The number of urea groups is 1. The average molecular weight is 378 g/mol. The number of imide groups is 1. The summed E-state index contributed by atoms with van der Waals surface area (Å²) in [5.41, 5.74) is 1.19. The zero-order valence-corrected chi connectivity index (χ0v) is 15.9. The van der Waals surface area contributed by atoms with Crippen LogP contribution in [0.2, 0.25) is 0 Å². The quantitative estimate of drug-likeness (QED) is 0.562. The Labute approximate surface area is 158 Å². The van der Waals surface area contributed by atoms with Gasteiger partial charge in [0.2, 0.25) is 0 Å². The molecule has 26 heavy (non-hydrogen) atoms. The predicted octanol–water partition coefficient (Wildman–Crippen LogP) is 3.18. The van der Waals surface area contributed by atoms with E-state index in [4.69, 9.17) is 4.74 Å². The van der Waals surface area contributed by atoms with Crippen LogP contribution in [0.25, 0.3) is 0 Å². The van der Waals surface area contributed by atoms with E-state index in [1.54, 1.807) is 11.8 Å². The number of ether oxygens (including phenoxy) is 1.